The second-order valence-electron chi connectivity index (χ2n) is 2.85. The van der Waals surface area contributed by atoms with Crippen molar-refractivity contribution in [3.8, 4) is 0 Å². The minimum Gasteiger partial charge on any atom is -0.479 e. The molecular weight excluding hydrogens is 182 g/mol. The number of hydrogen-bond acceptors (Lipinski definition) is 4. The Morgan fingerprint density at radius 2 is 2.38 bits per heavy atom. The Balaban J connectivity index is 2.78. The van der Waals surface area contributed by atoms with Crippen molar-refractivity contribution in [2.45, 2.75) is 19.3 Å². The molecule has 13 heavy (non-hydrogen) atoms. The van der Waals surface area contributed by atoms with Crippen molar-refractivity contribution in [2.75, 3.05) is 6.54 Å². The Hall–Kier alpha value is -1.04. The van der Waals surface area contributed by atoms with Gasteiger partial charge in [-0.05, 0) is 12.8 Å². The largest absolute Gasteiger partial charge is 0.479 e. The number of halogens is 2. The standard InChI is InChI=1S/C7H12F2N2O2/c8-6(9)4-2-1-3-11-5(4)7(12)13-10/h4,6,11-12H,1-3,10H2/b7-5-. The number of piperidine rings is 1. The van der Waals surface area contributed by atoms with Gasteiger partial charge in [0, 0.05) is 6.54 Å². The molecule has 0 radical (unpaired) electrons. The third-order valence-electron chi connectivity index (χ3n) is 2.02. The topological polar surface area (TPSA) is 67.5 Å². The van der Waals surface area contributed by atoms with Crippen molar-refractivity contribution in [3.05, 3.63) is 11.6 Å². The van der Waals surface area contributed by atoms with E-state index < -0.39 is 18.3 Å². The SMILES string of the molecule is NO/C(O)=C1\NCCCC1C(F)F. The normalized spacial score (nSPS) is 26.9. The van der Waals surface area contributed by atoms with E-state index in [4.69, 9.17) is 5.11 Å². The lowest BCUT2D eigenvalue weighted by atomic mass is 9.96. The summed E-state index contributed by atoms with van der Waals surface area (Å²) in [6, 6.07) is 0. The average molecular weight is 194 g/mol. The zero-order valence-electron chi connectivity index (χ0n) is 6.96. The molecule has 1 rings (SSSR count). The molecule has 4 nitrogen and oxygen atoms in total. The number of aliphatic hydroxyl groups excluding tert-OH is 1. The molecule has 0 aromatic rings. The van der Waals surface area contributed by atoms with Gasteiger partial charge in [0.25, 0.3) is 0 Å². The summed E-state index contributed by atoms with van der Waals surface area (Å²) in [6.45, 7) is 0.548. The van der Waals surface area contributed by atoms with Crippen molar-refractivity contribution in [1.82, 2.24) is 5.32 Å². The van der Waals surface area contributed by atoms with E-state index >= 15 is 0 Å². The fourth-order valence-corrected chi connectivity index (χ4v) is 1.37. The van der Waals surface area contributed by atoms with Crippen LogP contribution in [0.3, 0.4) is 0 Å². The van der Waals surface area contributed by atoms with Crippen LogP contribution in [0.5, 0.6) is 0 Å². The molecule has 0 aromatic heterocycles. The van der Waals surface area contributed by atoms with Gasteiger partial charge >= 0.3 is 5.95 Å². The van der Waals surface area contributed by atoms with E-state index in [-0.39, 0.29) is 5.70 Å². The Labute approximate surface area is 74.3 Å². The van der Waals surface area contributed by atoms with Crippen LogP contribution >= 0.6 is 0 Å². The maximum atomic E-state index is 12.4. The zero-order chi connectivity index (χ0) is 9.84. The Morgan fingerprint density at radius 3 is 2.92 bits per heavy atom. The van der Waals surface area contributed by atoms with Crippen molar-refractivity contribution in [3.63, 3.8) is 0 Å². The Bertz CT molecular complexity index is 209. The molecule has 1 aliphatic heterocycles. The molecule has 1 fully saturated rings. The molecule has 0 amide bonds. The van der Waals surface area contributed by atoms with Crippen LogP contribution in [0.4, 0.5) is 8.78 Å². The van der Waals surface area contributed by atoms with Crippen LogP contribution in [-0.4, -0.2) is 18.1 Å². The van der Waals surface area contributed by atoms with Crippen LogP contribution in [-0.2, 0) is 4.84 Å². The predicted molar refractivity (Wildman–Crippen MR) is 41.7 cm³/mol. The van der Waals surface area contributed by atoms with Crippen LogP contribution in [0.1, 0.15) is 12.8 Å². The number of nitrogens with two attached hydrogens (primary N) is 1. The van der Waals surface area contributed by atoms with Gasteiger partial charge in [-0.25, -0.2) is 8.78 Å². The van der Waals surface area contributed by atoms with Crippen LogP contribution in [0, 0.1) is 5.92 Å². The molecule has 1 saturated heterocycles. The fourth-order valence-electron chi connectivity index (χ4n) is 1.37. The first-order valence-electron chi connectivity index (χ1n) is 3.98. The summed E-state index contributed by atoms with van der Waals surface area (Å²) >= 11 is 0. The van der Waals surface area contributed by atoms with E-state index in [1.54, 1.807) is 0 Å². The van der Waals surface area contributed by atoms with Gasteiger partial charge in [-0.15, -0.1) is 0 Å². The molecule has 0 aliphatic carbocycles. The quantitative estimate of drug-likeness (QED) is 0.450. The maximum Gasteiger partial charge on any atom is 0.316 e. The summed E-state index contributed by atoms with van der Waals surface area (Å²) in [5.41, 5.74) is 0.00347. The summed E-state index contributed by atoms with van der Waals surface area (Å²) in [7, 11) is 0. The fraction of sp³-hybridized carbons (Fsp3) is 0.714. The van der Waals surface area contributed by atoms with Crippen molar-refractivity contribution in [1.29, 1.82) is 0 Å². The second-order valence-corrected chi connectivity index (χ2v) is 2.85. The molecule has 1 aliphatic rings. The van der Waals surface area contributed by atoms with Crippen molar-refractivity contribution in [2.24, 2.45) is 11.8 Å². The minimum absolute atomic E-state index is 0.00347. The molecule has 0 spiro atoms. The number of hydrogen-bond donors (Lipinski definition) is 3. The average Bonchev–Trinajstić information content (AvgIpc) is 2.16. The second kappa shape index (κ2) is 4.27. The summed E-state index contributed by atoms with van der Waals surface area (Å²) in [5, 5.41) is 11.7. The predicted octanol–water partition coefficient (Wildman–Crippen LogP) is 0.868. The molecular formula is C7H12F2N2O2. The molecule has 0 saturated carbocycles. The van der Waals surface area contributed by atoms with Crippen molar-refractivity contribution < 1.29 is 18.7 Å². The van der Waals surface area contributed by atoms with Gasteiger partial charge in [0.2, 0.25) is 6.43 Å². The molecule has 1 atom stereocenters. The van der Waals surface area contributed by atoms with Crippen LogP contribution in [0.15, 0.2) is 11.6 Å². The van der Waals surface area contributed by atoms with Gasteiger partial charge < -0.3 is 15.3 Å². The van der Waals surface area contributed by atoms with E-state index in [2.05, 4.69) is 16.1 Å². The summed E-state index contributed by atoms with van der Waals surface area (Å²) < 4.78 is 24.8. The van der Waals surface area contributed by atoms with Crippen LogP contribution < -0.4 is 11.2 Å². The lowest BCUT2D eigenvalue weighted by Gasteiger charge is -2.25. The Kier molecular flexibility index (Phi) is 3.30. The van der Waals surface area contributed by atoms with Gasteiger partial charge in [0.05, 0.1) is 5.92 Å². The number of nitrogens with one attached hydrogen (secondary N) is 1. The third kappa shape index (κ3) is 2.21. The van der Waals surface area contributed by atoms with Gasteiger partial charge in [0.1, 0.15) is 5.70 Å². The van der Waals surface area contributed by atoms with Gasteiger partial charge in [-0.2, -0.15) is 5.90 Å². The molecule has 1 heterocycles. The zero-order valence-corrected chi connectivity index (χ0v) is 6.96. The molecule has 1 unspecified atom stereocenters. The minimum atomic E-state index is -2.51. The lowest BCUT2D eigenvalue weighted by Crippen LogP contribution is -2.33. The molecule has 0 aromatic carbocycles. The first-order chi connectivity index (χ1) is 6.16. The Morgan fingerprint density at radius 1 is 1.69 bits per heavy atom. The van der Waals surface area contributed by atoms with Crippen molar-refractivity contribution >= 4 is 0 Å². The number of rotatable bonds is 2. The first-order valence-corrected chi connectivity index (χ1v) is 3.98. The summed E-state index contributed by atoms with van der Waals surface area (Å²) in [5.74, 6) is 3.02. The summed E-state index contributed by atoms with van der Waals surface area (Å²) in [4.78, 5) is 4.01. The monoisotopic (exact) mass is 194 g/mol. The van der Waals surface area contributed by atoms with E-state index in [0.29, 0.717) is 19.4 Å². The molecule has 4 N–H and O–H groups in total. The van der Waals surface area contributed by atoms with Gasteiger partial charge in [-0.1, -0.05) is 0 Å². The van der Waals surface area contributed by atoms with Gasteiger partial charge in [0.15, 0.2) is 0 Å². The molecule has 0 bridgehead atoms. The maximum absolute atomic E-state index is 12.4. The van der Waals surface area contributed by atoms with Crippen LogP contribution in [0.2, 0.25) is 0 Å². The third-order valence-corrected chi connectivity index (χ3v) is 2.02. The van der Waals surface area contributed by atoms with E-state index in [1.807, 2.05) is 0 Å². The molecule has 6 heteroatoms. The number of alkyl halides is 2. The highest BCUT2D eigenvalue weighted by Crippen LogP contribution is 2.27. The number of aliphatic hydroxyl groups is 1. The highest BCUT2D eigenvalue weighted by Gasteiger charge is 2.30. The number of allylic oxidation sites excluding steroid dienone is 1. The molecule has 76 valence electrons. The highest BCUT2D eigenvalue weighted by molar-refractivity contribution is 5.08. The smallest absolute Gasteiger partial charge is 0.316 e. The van der Waals surface area contributed by atoms with Gasteiger partial charge in [-0.3, -0.25) is 0 Å². The highest BCUT2D eigenvalue weighted by atomic mass is 19.3. The van der Waals surface area contributed by atoms with E-state index in [9.17, 15) is 8.78 Å². The van der Waals surface area contributed by atoms with E-state index in [0.717, 1.165) is 0 Å². The summed E-state index contributed by atoms with van der Waals surface area (Å²) in [6.07, 6.45) is -1.54. The lowest BCUT2D eigenvalue weighted by molar-refractivity contribution is 0.0488. The van der Waals surface area contributed by atoms with Crippen LogP contribution in [0.25, 0.3) is 0 Å². The first kappa shape index (κ1) is 10.0. The van der Waals surface area contributed by atoms with E-state index in [1.165, 1.54) is 0 Å².